The Morgan fingerprint density at radius 1 is 1.25 bits per heavy atom. The van der Waals surface area contributed by atoms with Crippen molar-refractivity contribution < 1.29 is 13.2 Å². The summed E-state index contributed by atoms with van der Waals surface area (Å²) in [6.45, 7) is 5.79. The van der Waals surface area contributed by atoms with Gasteiger partial charge in [-0.2, -0.15) is 0 Å². The quantitative estimate of drug-likeness (QED) is 0.732. The van der Waals surface area contributed by atoms with Gasteiger partial charge in [-0.3, -0.25) is 0 Å². The molecule has 0 saturated heterocycles. The fourth-order valence-electron chi connectivity index (χ4n) is 1.70. The van der Waals surface area contributed by atoms with Gasteiger partial charge in [-0.25, -0.2) is 13.1 Å². The van der Waals surface area contributed by atoms with Crippen LogP contribution >= 0.6 is 0 Å². The van der Waals surface area contributed by atoms with Crippen molar-refractivity contribution in [2.45, 2.75) is 25.2 Å². The molecule has 0 aromatic heterocycles. The Kier molecular flexibility index (Phi) is 6.98. The average molecular weight is 300 g/mol. The lowest BCUT2D eigenvalue weighted by molar-refractivity contribution is 0.161. The molecule has 1 aromatic rings. The standard InChI is InChI=1S/C14H24N2O3S/c1-4-9-15-13-5-7-14(8-6-13)20(17,18)16-10-12(2)11-19-3/h5-8,12,15-16H,4,9-11H2,1-3H3. The van der Waals surface area contributed by atoms with Crippen LogP contribution in [0, 0.1) is 5.92 Å². The number of nitrogens with one attached hydrogen (secondary N) is 2. The van der Waals surface area contributed by atoms with Crippen molar-refractivity contribution in [3.8, 4) is 0 Å². The molecule has 0 spiro atoms. The minimum Gasteiger partial charge on any atom is -0.385 e. The molecule has 20 heavy (non-hydrogen) atoms. The van der Waals surface area contributed by atoms with Gasteiger partial charge >= 0.3 is 0 Å². The molecule has 2 N–H and O–H groups in total. The van der Waals surface area contributed by atoms with E-state index < -0.39 is 10.0 Å². The van der Waals surface area contributed by atoms with Crippen LogP contribution in [0.2, 0.25) is 0 Å². The second-order valence-electron chi connectivity index (χ2n) is 4.86. The van der Waals surface area contributed by atoms with Gasteiger partial charge in [-0.15, -0.1) is 0 Å². The number of anilines is 1. The number of hydrogen-bond donors (Lipinski definition) is 2. The molecular formula is C14H24N2O3S. The predicted molar refractivity (Wildman–Crippen MR) is 81.5 cm³/mol. The number of benzene rings is 1. The van der Waals surface area contributed by atoms with Crippen molar-refractivity contribution in [1.82, 2.24) is 4.72 Å². The van der Waals surface area contributed by atoms with E-state index in [1.54, 1.807) is 31.4 Å². The van der Waals surface area contributed by atoms with E-state index in [9.17, 15) is 8.42 Å². The van der Waals surface area contributed by atoms with Crippen LogP contribution in [-0.4, -0.2) is 35.2 Å². The van der Waals surface area contributed by atoms with Gasteiger partial charge in [0.1, 0.15) is 0 Å². The number of sulfonamides is 1. The van der Waals surface area contributed by atoms with Crippen LogP contribution in [0.4, 0.5) is 5.69 Å². The van der Waals surface area contributed by atoms with E-state index in [2.05, 4.69) is 17.0 Å². The molecule has 1 aromatic carbocycles. The number of methoxy groups -OCH3 is 1. The molecule has 5 nitrogen and oxygen atoms in total. The summed E-state index contributed by atoms with van der Waals surface area (Å²) in [4.78, 5) is 0.282. The monoisotopic (exact) mass is 300 g/mol. The summed E-state index contributed by atoms with van der Waals surface area (Å²) in [6.07, 6.45) is 1.03. The van der Waals surface area contributed by atoms with Crippen molar-refractivity contribution in [1.29, 1.82) is 0 Å². The third-order valence-electron chi connectivity index (χ3n) is 2.82. The lowest BCUT2D eigenvalue weighted by Gasteiger charge is -2.12. The largest absolute Gasteiger partial charge is 0.385 e. The third kappa shape index (κ3) is 5.48. The molecule has 1 rings (SSSR count). The Labute approximate surface area is 121 Å². The van der Waals surface area contributed by atoms with Crippen molar-refractivity contribution >= 4 is 15.7 Å². The molecule has 0 heterocycles. The highest BCUT2D eigenvalue weighted by Gasteiger charge is 2.14. The molecule has 0 aliphatic rings. The van der Waals surface area contributed by atoms with E-state index in [1.165, 1.54) is 0 Å². The summed E-state index contributed by atoms with van der Waals surface area (Å²) >= 11 is 0. The first-order valence-corrected chi connectivity index (χ1v) is 8.30. The van der Waals surface area contributed by atoms with E-state index in [4.69, 9.17) is 4.74 Å². The second-order valence-corrected chi connectivity index (χ2v) is 6.63. The van der Waals surface area contributed by atoms with Gasteiger partial charge in [0.2, 0.25) is 10.0 Å². The fraction of sp³-hybridized carbons (Fsp3) is 0.571. The van der Waals surface area contributed by atoms with E-state index in [-0.39, 0.29) is 10.8 Å². The molecule has 0 aliphatic carbocycles. The van der Waals surface area contributed by atoms with Crippen LogP contribution in [0.1, 0.15) is 20.3 Å². The zero-order valence-corrected chi connectivity index (χ0v) is 13.2. The van der Waals surface area contributed by atoms with Gasteiger partial charge in [-0.1, -0.05) is 13.8 Å². The molecule has 0 bridgehead atoms. The molecule has 0 fully saturated rings. The maximum absolute atomic E-state index is 12.1. The Morgan fingerprint density at radius 2 is 1.90 bits per heavy atom. The van der Waals surface area contributed by atoms with Crippen LogP contribution in [-0.2, 0) is 14.8 Å². The van der Waals surface area contributed by atoms with Crippen molar-refractivity contribution in [2.75, 3.05) is 32.1 Å². The number of hydrogen-bond acceptors (Lipinski definition) is 4. The van der Waals surface area contributed by atoms with Gasteiger partial charge in [0.15, 0.2) is 0 Å². The molecule has 0 radical (unpaired) electrons. The second kappa shape index (κ2) is 8.24. The first-order chi connectivity index (χ1) is 9.49. The summed E-state index contributed by atoms with van der Waals surface area (Å²) in [6, 6.07) is 6.79. The van der Waals surface area contributed by atoms with E-state index in [0.717, 1.165) is 18.7 Å². The highest BCUT2D eigenvalue weighted by molar-refractivity contribution is 7.89. The van der Waals surface area contributed by atoms with Crippen LogP contribution in [0.3, 0.4) is 0 Å². The highest BCUT2D eigenvalue weighted by Crippen LogP contribution is 2.14. The number of ether oxygens (including phenoxy) is 1. The highest BCUT2D eigenvalue weighted by atomic mass is 32.2. The SMILES string of the molecule is CCCNc1ccc(S(=O)(=O)NCC(C)COC)cc1. The van der Waals surface area contributed by atoms with Gasteiger partial charge in [0.05, 0.1) is 4.90 Å². The first kappa shape index (κ1) is 16.9. The van der Waals surface area contributed by atoms with Gasteiger partial charge in [0, 0.05) is 32.5 Å². The van der Waals surface area contributed by atoms with Gasteiger partial charge in [0.25, 0.3) is 0 Å². The fourth-order valence-corrected chi connectivity index (χ4v) is 2.87. The van der Waals surface area contributed by atoms with Crippen LogP contribution in [0.25, 0.3) is 0 Å². The zero-order valence-electron chi connectivity index (χ0n) is 12.3. The van der Waals surface area contributed by atoms with Crippen molar-refractivity contribution in [3.05, 3.63) is 24.3 Å². The average Bonchev–Trinajstić information content (AvgIpc) is 2.44. The minimum atomic E-state index is -3.44. The van der Waals surface area contributed by atoms with Crippen LogP contribution < -0.4 is 10.0 Å². The molecule has 6 heteroatoms. The van der Waals surface area contributed by atoms with Crippen molar-refractivity contribution in [3.63, 3.8) is 0 Å². The Bertz CT molecular complexity index is 486. The Balaban J connectivity index is 2.63. The molecule has 114 valence electrons. The van der Waals surface area contributed by atoms with Crippen LogP contribution in [0.5, 0.6) is 0 Å². The lowest BCUT2D eigenvalue weighted by atomic mass is 10.2. The summed E-state index contributed by atoms with van der Waals surface area (Å²) in [5, 5.41) is 3.21. The van der Waals surface area contributed by atoms with E-state index in [0.29, 0.717) is 13.2 Å². The van der Waals surface area contributed by atoms with Gasteiger partial charge < -0.3 is 10.1 Å². The summed E-state index contributed by atoms with van der Waals surface area (Å²) in [5.41, 5.74) is 0.929. The molecule has 1 atom stereocenters. The summed E-state index contributed by atoms with van der Waals surface area (Å²) in [7, 11) is -1.84. The smallest absolute Gasteiger partial charge is 0.240 e. The van der Waals surface area contributed by atoms with Gasteiger partial charge in [-0.05, 0) is 36.6 Å². The topological polar surface area (TPSA) is 67.4 Å². The normalized spacial score (nSPS) is 13.2. The first-order valence-electron chi connectivity index (χ1n) is 6.82. The lowest BCUT2D eigenvalue weighted by Crippen LogP contribution is -2.30. The maximum atomic E-state index is 12.1. The Morgan fingerprint density at radius 3 is 2.45 bits per heavy atom. The molecule has 0 amide bonds. The molecular weight excluding hydrogens is 276 g/mol. The maximum Gasteiger partial charge on any atom is 0.240 e. The summed E-state index contributed by atoms with van der Waals surface area (Å²) in [5.74, 6) is 0.139. The minimum absolute atomic E-state index is 0.139. The zero-order chi connectivity index (χ0) is 15.0. The van der Waals surface area contributed by atoms with Crippen LogP contribution in [0.15, 0.2) is 29.2 Å². The van der Waals surface area contributed by atoms with E-state index >= 15 is 0 Å². The molecule has 0 aliphatic heterocycles. The third-order valence-corrected chi connectivity index (χ3v) is 4.26. The molecule has 0 saturated carbocycles. The van der Waals surface area contributed by atoms with E-state index in [1.807, 2.05) is 6.92 Å². The number of rotatable bonds is 9. The Hall–Kier alpha value is -1.11. The predicted octanol–water partition coefficient (Wildman–Crippen LogP) is 2.07. The van der Waals surface area contributed by atoms with Crippen molar-refractivity contribution in [2.24, 2.45) is 5.92 Å². The molecule has 1 unspecified atom stereocenters. The summed E-state index contributed by atoms with van der Waals surface area (Å²) < 4.78 is 31.8.